The number of carbonyl (C=O) groups excluding carboxylic acids is 1. The Morgan fingerprint density at radius 2 is 2.35 bits per heavy atom. The lowest BCUT2D eigenvalue weighted by Crippen LogP contribution is -2.35. The summed E-state index contributed by atoms with van der Waals surface area (Å²) in [5, 5.41) is 6.58. The van der Waals surface area contributed by atoms with Crippen molar-refractivity contribution in [2.45, 2.75) is 12.5 Å². The van der Waals surface area contributed by atoms with Crippen LogP contribution >= 0.6 is 0 Å². The molecular formula is C11H24N4O2. The molecule has 6 heteroatoms. The Morgan fingerprint density at radius 1 is 1.53 bits per heavy atom. The predicted molar refractivity (Wildman–Crippen MR) is 66.8 cm³/mol. The minimum Gasteiger partial charge on any atom is -0.370 e. The highest BCUT2D eigenvalue weighted by atomic mass is 16.5. The van der Waals surface area contributed by atoms with E-state index >= 15 is 0 Å². The highest BCUT2D eigenvalue weighted by molar-refractivity contribution is 5.74. The summed E-state index contributed by atoms with van der Waals surface area (Å²) < 4.78 is 5.04. The number of amides is 1. The Hall–Kier alpha value is -0.690. The normalized spacial score (nSPS) is 20.9. The van der Waals surface area contributed by atoms with E-state index in [4.69, 9.17) is 10.5 Å². The molecule has 0 saturated carbocycles. The molecule has 1 saturated heterocycles. The van der Waals surface area contributed by atoms with Gasteiger partial charge in [0.2, 0.25) is 5.91 Å². The highest BCUT2D eigenvalue weighted by Gasteiger charge is 2.19. The second-order valence-electron chi connectivity index (χ2n) is 4.34. The number of carbonyl (C=O) groups is 1. The van der Waals surface area contributed by atoms with Crippen LogP contribution in [0.5, 0.6) is 0 Å². The van der Waals surface area contributed by atoms with Crippen LogP contribution in [0.2, 0.25) is 0 Å². The predicted octanol–water partition coefficient (Wildman–Crippen LogP) is -1.63. The average Bonchev–Trinajstić information content (AvgIpc) is 2.75. The molecule has 1 fully saturated rings. The van der Waals surface area contributed by atoms with Crippen molar-refractivity contribution in [3.8, 4) is 0 Å². The second kappa shape index (κ2) is 8.41. The van der Waals surface area contributed by atoms with E-state index in [0.717, 1.165) is 26.2 Å². The van der Waals surface area contributed by atoms with Crippen LogP contribution in [-0.2, 0) is 9.53 Å². The number of rotatable bonds is 9. The zero-order valence-corrected chi connectivity index (χ0v) is 10.6. The molecule has 6 nitrogen and oxygen atoms in total. The summed E-state index contributed by atoms with van der Waals surface area (Å²) in [5.41, 5.74) is 4.95. The van der Waals surface area contributed by atoms with Crippen molar-refractivity contribution in [2.75, 3.05) is 53.0 Å². The van der Waals surface area contributed by atoms with Gasteiger partial charge in [0.05, 0.1) is 6.61 Å². The number of likely N-dealkylation sites (N-methyl/N-ethyl adjacent to an activating group) is 1. The van der Waals surface area contributed by atoms with Crippen molar-refractivity contribution in [1.29, 1.82) is 0 Å². The molecule has 0 aliphatic carbocycles. The fraction of sp³-hybridized carbons (Fsp3) is 0.909. The van der Waals surface area contributed by atoms with Crippen molar-refractivity contribution < 1.29 is 9.53 Å². The highest BCUT2D eigenvalue weighted by Crippen LogP contribution is 2.06. The Morgan fingerprint density at radius 3 is 3.00 bits per heavy atom. The smallest absolute Gasteiger partial charge is 0.243 e. The van der Waals surface area contributed by atoms with Gasteiger partial charge in [0.25, 0.3) is 0 Å². The van der Waals surface area contributed by atoms with Crippen LogP contribution in [0.1, 0.15) is 6.42 Å². The van der Waals surface area contributed by atoms with Crippen LogP contribution in [0.25, 0.3) is 0 Å². The number of nitrogens with two attached hydrogens (primary N) is 1. The van der Waals surface area contributed by atoms with Gasteiger partial charge >= 0.3 is 0 Å². The Bertz CT molecular complexity index is 226. The first-order valence-electron chi connectivity index (χ1n) is 6.18. The lowest BCUT2D eigenvalue weighted by atomic mass is 10.3. The summed E-state index contributed by atoms with van der Waals surface area (Å²) in [7, 11) is 2.02. The Kier molecular flexibility index (Phi) is 7.11. The van der Waals surface area contributed by atoms with Crippen molar-refractivity contribution >= 4 is 5.91 Å². The quantitative estimate of drug-likeness (QED) is 0.425. The number of nitrogens with one attached hydrogen (secondary N) is 2. The first-order valence-corrected chi connectivity index (χ1v) is 6.18. The minimum absolute atomic E-state index is 0.0116. The van der Waals surface area contributed by atoms with Crippen LogP contribution < -0.4 is 16.4 Å². The molecule has 17 heavy (non-hydrogen) atoms. The van der Waals surface area contributed by atoms with Gasteiger partial charge in [-0.15, -0.1) is 0 Å². The van der Waals surface area contributed by atoms with Crippen LogP contribution in [-0.4, -0.2) is 69.8 Å². The SMILES string of the molecule is CNC1CCN(CCNCCOCC(N)=O)C1. The Labute approximate surface area is 103 Å². The lowest BCUT2D eigenvalue weighted by molar-refractivity contribution is -0.122. The van der Waals surface area contributed by atoms with Crippen LogP contribution in [0.15, 0.2) is 0 Å². The summed E-state index contributed by atoms with van der Waals surface area (Å²) in [6, 6.07) is 0.647. The van der Waals surface area contributed by atoms with Gasteiger partial charge in [0, 0.05) is 32.2 Å². The van der Waals surface area contributed by atoms with Gasteiger partial charge in [0.15, 0.2) is 0 Å². The molecule has 1 unspecified atom stereocenters. The zero-order valence-electron chi connectivity index (χ0n) is 10.6. The molecular weight excluding hydrogens is 220 g/mol. The van der Waals surface area contributed by atoms with Crippen molar-refractivity contribution in [2.24, 2.45) is 5.73 Å². The first kappa shape index (κ1) is 14.4. The molecule has 100 valence electrons. The van der Waals surface area contributed by atoms with Crippen LogP contribution in [0, 0.1) is 0 Å². The molecule has 0 aromatic heterocycles. The fourth-order valence-electron chi connectivity index (χ4n) is 1.95. The number of hydrogen-bond acceptors (Lipinski definition) is 5. The van der Waals surface area contributed by atoms with Crippen molar-refractivity contribution in [3.63, 3.8) is 0 Å². The van der Waals surface area contributed by atoms with E-state index in [9.17, 15) is 4.79 Å². The van der Waals surface area contributed by atoms with Crippen LogP contribution in [0.3, 0.4) is 0 Å². The van der Waals surface area contributed by atoms with E-state index in [1.807, 2.05) is 7.05 Å². The largest absolute Gasteiger partial charge is 0.370 e. The van der Waals surface area contributed by atoms with Gasteiger partial charge < -0.3 is 26.0 Å². The van der Waals surface area contributed by atoms with Crippen molar-refractivity contribution in [1.82, 2.24) is 15.5 Å². The summed E-state index contributed by atoms with van der Waals surface area (Å²) in [6.45, 7) is 5.63. The maximum Gasteiger partial charge on any atom is 0.243 e. The third-order valence-electron chi connectivity index (χ3n) is 2.95. The van der Waals surface area contributed by atoms with Gasteiger partial charge in [-0.1, -0.05) is 0 Å². The molecule has 1 aliphatic heterocycles. The molecule has 1 amide bonds. The maximum absolute atomic E-state index is 10.4. The lowest BCUT2D eigenvalue weighted by Gasteiger charge is -2.16. The van der Waals surface area contributed by atoms with Gasteiger partial charge in [0.1, 0.15) is 6.61 Å². The summed E-state index contributed by atoms with van der Waals surface area (Å²) in [4.78, 5) is 12.8. The summed E-state index contributed by atoms with van der Waals surface area (Å²) in [6.07, 6.45) is 1.23. The third kappa shape index (κ3) is 6.58. The van der Waals surface area contributed by atoms with E-state index in [1.165, 1.54) is 13.0 Å². The molecule has 0 aromatic carbocycles. The zero-order chi connectivity index (χ0) is 12.5. The average molecular weight is 244 g/mol. The standard InChI is InChI=1S/C11H24N4O2/c1-13-10-2-5-15(8-10)6-3-14-4-7-17-9-11(12)16/h10,13-14H,2-9H2,1H3,(H2,12,16). The van der Waals surface area contributed by atoms with E-state index < -0.39 is 5.91 Å². The molecule has 1 atom stereocenters. The summed E-state index contributed by atoms with van der Waals surface area (Å²) >= 11 is 0. The van der Waals surface area contributed by atoms with E-state index in [-0.39, 0.29) is 6.61 Å². The molecule has 1 aliphatic rings. The monoisotopic (exact) mass is 244 g/mol. The molecule has 1 heterocycles. The Balaban J connectivity index is 1.86. The van der Waals surface area contributed by atoms with Gasteiger partial charge in [-0.05, 0) is 20.0 Å². The van der Waals surface area contributed by atoms with E-state index in [2.05, 4.69) is 15.5 Å². The third-order valence-corrected chi connectivity index (χ3v) is 2.95. The number of ether oxygens (including phenoxy) is 1. The molecule has 0 spiro atoms. The molecule has 0 bridgehead atoms. The number of hydrogen-bond donors (Lipinski definition) is 3. The first-order chi connectivity index (χ1) is 8.22. The van der Waals surface area contributed by atoms with Crippen LogP contribution in [0.4, 0.5) is 0 Å². The fourth-order valence-corrected chi connectivity index (χ4v) is 1.95. The van der Waals surface area contributed by atoms with Gasteiger partial charge in [-0.2, -0.15) is 0 Å². The topological polar surface area (TPSA) is 79.6 Å². The minimum atomic E-state index is -0.417. The van der Waals surface area contributed by atoms with E-state index in [1.54, 1.807) is 0 Å². The number of likely N-dealkylation sites (tertiary alicyclic amines) is 1. The van der Waals surface area contributed by atoms with Gasteiger partial charge in [-0.25, -0.2) is 0 Å². The van der Waals surface area contributed by atoms with Crippen molar-refractivity contribution in [3.05, 3.63) is 0 Å². The number of nitrogens with zero attached hydrogens (tertiary/aromatic N) is 1. The van der Waals surface area contributed by atoms with Gasteiger partial charge in [-0.3, -0.25) is 4.79 Å². The molecule has 0 radical (unpaired) electrons. The molecule has 0 aromatic rings. The molecule has 4 N–H and O–H groups in total. The second-order valence-corrected chi connectivity index (χ2v) is 4.34. The molecule has 1 rings (SSSR count). The number of primary amides is 1. The van der Waals surface area contributed by atoms with E-state index in [0.29, 0.717) is 12.6 Å². The summed E-state index contributed by atoms with van der Waals surface area (Å²) in [5.74, 6) is -0.417. The maximum atomic E-state index is 10.4.